The van der Waals surface area contributed by atoms with E-state index in [-0.39, 0.29) is 23.2 Å². The summed E-state index contributed by atoms with van der Waals surface area (Å²) in [6.45, 7) is 3.73. The highest BCUT2D eigenvalue weighted by Gasteiger charge is 2.30. The Morgan fingerprint density at radius 3 is 2.46 bits per heavy atom. The second-order valence-corrected chi connectivity index (χ2v) is 9.42. The van der Waals surface area contributed by atoms with Crippen molar-refractivity contribution in [2.24, 2.45) is 5.92 Å². The van der Waals surface area contributed by atoms with Crippen LogP contribution in [0.1, 0.15) is 43.4 Å². The van der Waals surface area contributed by atoms with E-state index >= 15 is 0 Å². The van der Waals surface area contributed by atoms with Crippen molar-refractivity contribution in [2.45, 2.75) is 50.8 Å². The Morgan fingerprint density at radius 1 is 1.18 bits per heavy atom. The van der Waals surface area contributed by atoms with Crippen molar-refractivity contribution in [1.82, 2.24) is 9.46 Å². The average Bonchev–Trinajstić information content (AvgIpc) is 3.07. The largest absolute Gasteiger partial charge is 0.360 e. The fourth-order valence-corrected chi connectivity index (χ4v) is 5.00. The van der Waals surface area contributed by atoms with Crippen LogP contribution in [0, 0.1) is 19.8 Å². The Morgan fingerprint density at radius 2 is 1.86 bits per heavy atom. The Hall–Kier alpha value is -2.19. The van der Waals surface area contributed by atoms with Crippen molar-refractivity contribution in [3.05, 3.63) is 41.7 Å². The van der Waals surface area contributed by atoms with Gasteiger partial charge in [-0.05, 0) is 44.7 Å². The first kappa shape index (κ1) is 20.5. The fraction of sp³-hybridized carbons (Fsp3) is 0.500. The molecule has 0 spiro atoms. The first-order chi connectivity index (χ1) is 13.3. The predicted octanol–water partition coefficient (Wildman–Crippen LogP) is 3.50. The Balaban J connectivity index is 1.79. The lowest BCUT2D eigenvalue weighted by molar-refractivity contribution is -0.116. The molecule has 0 saturated heterocycles. The van der Waals surface area contributed by atoms with Crippen molar-refractivity contribution in [3.8, 4) is 0 Å². The van der Waals surface area contributed by atoms with Crippen LogP contribution in [0.5, 0.6) is 0 Å². The maximum Gasteiger partial charge on any atom is 0.243 e. The summed E-state index contributed by atoms with van der Waals surface area (Å²) in [6.07, 6.45) is 5.38. The van der Waals surface area contributed by atoms with Crippen LogP contribution in [0.2, 0.25) is 0 Å². The number of aryl methyl sites for hydroxylation is 2. The number of rotatable bonds is 7. The Kier molecular flexibility index (Phi) is 6.51. The van der Waals surface area contributed by atoms with Crippen molar-refractivity contribution in [3.63, 3.8) is 0 Å². The van der Waals surface area contributed by atoms with E-state index in [2.05, 4.69) is 10.5 Å². The van der Waals surface area contributed by atoms with E-state index in [4.69, 9.17) is 4.52 Å². The SMILES string of the molecule is Cc1ccc(S(=O)(=O)N(CC(=O)Nc2cc(C)on2)CC2CCCCC2)cc1. The molecule has 8 heteroatoms. The van der Waals surface area contributed by atoms with Gasteiger partial charge in [0, 0.05) is 12.6 Å². The van der Waals surface area contributed by atoms with E-state index in [0.717, 1.165) is 31.2 Å². The summed E-state index contributed by atoms with van der Waals surface area (Å²) in [6, 6.07) is 8.32. The zero-order chi connectivity index (χ0) is 20.1. The second-order valence-electron chi connectivity index (χ2n) is 7.49. The zero-order valence-electron chi connectivity index (χ0n) is 16.3. The maximum absolute atomic E-state index is 13.2. The van der Waals surface area contributed by atoms with Crippen LogP contribution in [0.25, 0.3) is 0 Å². The highest BCUT2D eigenvalue weighted by Crippen LogP contribution is 2.27. The van der Waals surface area contributed by atoms with Gasteiger partial charge in [0.15, 0.2) is 5.82 Å². The van der Waals surface area contributed by atoms with E-state index < -0.39 is 15.9 Å². The summed E-state index contributed by atoms with van der Waals surface area (Å²) < 4.78 is 32.7. The summed E-state index contributed by atoms with van der Waals surface area (Å²) in [5.74, 6) is 0.699. The number of benzene rings is 1. The number of carbonyl (C=O) groups is 1. The van der Waals surface area contributed by atoms with Gasteiger partial charge in [0.2, 0.25) is 15.9 Å². The third-order valence-electron chi connectivity index (χ3n) is 5.06. The molecule has 28 heavy (non-hydrogen) atoms. The molecule has 0 unspecified atom stereocenters. The van der Waals surface area contributed by atoms with E-state index in [9.17, 15) is 13.2 Å². The number of nitrogens with zero attached hydrogens (tertiary/aromatic N) is 2. The number of amides is 1. The second kappa shape index (κ2) is 8.87. The third kappa shape index (κ3) is 5.20. The molecular weight excluding hydrogens is 378 g/mol. The maximum atomic E-state index is 13.2. The van der Waals surface area contributed by atoms with Crippen molar-refractivity contribution >= 4 is 21.7 Å². The molecule has 0 bridgehead atoms. The number of sulfonamides is 1. The van der Waals surface area contributed by atoms with Crippen LogP contribution in [-0.2, 0) is 14.8 Å². The van der Waals surface area contributed by atoms with Crippen LogP contribution in [0.3, 0.4) is 0 Å². The molecule has 7 nitrogen and oxygen atoms in total. The van der Waals surface area contributed by atoms with Gasteiger partial charge >= 0.3 is 0 Å². The molecule has 1 aliphatic rings. The zero-order valence-corrected chi connectivity index (χ0v) is 17.2. The Bertz CT molecular complexity index is 900. The first-order valence-corrected chi connectivity index (χ1v) is 11.1. The van der Waals surface area contributed by atoms with Crippen LogP contribution in [0.15, 0.2) is 39.8 Å². The van der Waals surface area contributed by atoms with Crippen molar-refractivity contribution in [1.29, 1.82) is 0 Å². The minimum Gasteiger partial charge on any atom is -0.360 e. The number of hydrogen-bond acceptors (Lipinski definition) is 5. The monoisotopic (exact) mass is 405 g/mol. The van der Waals surface area contributed by atoms with Gasteiger partial charge in [-0.25, -0.2) is 8.42 Å². The van der Waals surface area contributed by atoms with Crippen LogP contribution in [0.4, 0.5) is 5.82 Å². The van der Waals surface area contributed by atoms with E-state index in [1.165, 1.54) is 10.7 Å². The molecule has 1 saturated carbocycles. The molecule has 0 atom stereocenters. The standard InChI is InChI=1S/C20H27N3O4S/c1-15-8-10-18(11-9-15)28(25,26)23(13-17-6-4-3-5-7-17)14-20(24)21-19-12-16(2)27-22-19/h8-12,17H,3-7,13-14H2,1-2H3,(H,21,22,24). The number of anilines is 1. The van der Waals surface area contributed by atoms with Crippen molar-refractivity contribution < 1.29 is 17.7 Å². The van der Waals surface area contributed by atoms with Gasteiger partial charge in [0.25, 0.3) is 0 Å². The molecule has 1 aromatic heterocycles. The van der Waals surface area contributed by atoms with Crippen molar-refractivity contribution in [2.75, 3.05) is 18.4 Å². The third-order valence-corrected chi connectivity index (χ3v) is 6.89. The normalized spacial score (nSPS) is 15.7. The molecule has 1 N–H and O–H groups in total. The van der Waals surface area contributed by atoms with Crippen LogP contribution in [-0.4, -0.2) is 36.9 Å². The minimum atomic E-state index is -3.77. The topological polar surface area (TPSA) is 92.5 Å². The highest BCUT2D eigenvalue weighted by molar-refractivity contribution is 7.89. The molecule has 1 aromatic carbocycles. The molecular formula is C20H27N3O4S. The summed E-state index contributed by atoms with van der Waals surface area (Å²) in [7, 11) is -3.77. The predicted molar refractivity (Wildman–Crippen MR) is 106 cm³/mol. The van der Waals surface area contributed by atoms with Gasteiger partial charge in [-0.3, -0.25) is 4.79 Å². The lowest BCUT2D eigenvalue weighted by Gasteiger charge is -2.28. The van der Waals surface area contributed by atoms with Crippen LogP contribution >= 0.6 is 0 Å². The summed E-state index contributed by atoms with van der Waals surface area (Å²) >= 11 is 0. The molecule has 1 aliphatic carbocycles. The van der Waals surface area contributed by atoms with Gasteiger partial charge in [0.1, 0.15) is 5.76 Å². The molecule has 2 aromatic rings. The molecule has 0 aliphatic heterocycles. The van der Waals surface area contributed by atoms with Gasteiger partial charge in [0.05, 0.1) is 11.4 Å². The minimum absolute atomic E-state index is 0.207. The smallest absolute Gasteiger partial charge is 0.243 e. The number of hydrogen-bond donors (Lipinski definition) is 1. The molecule has 152 valence electrons. The summed E-state index contributed by atoms with van der Waals surface area (Å²) in [5.41, 5.74) is 0.983. The molecule has 1 amide bonds. The fourth-order valence-electron chi connectivity index (χ4n) is 3.53. The van der Waals surface area contributed by atoms with E-state index in [1.807, 2.05) is 6.92 Å². The van der Waals surface area contributed by atoms with Gasteiger partial charge in [-0.2, -0.15) is 4.31 Å². The quantitative estimate of drug-likeness (QED) is 0.761. The van der Waals surface area contributed by atoms with Gasteiger partial charge < -0.3 is 9.84 Å². The van der Waals surface area contributed by atoms with Crippen LogP contribution < -0.4 is 5.32 Å². The molecule has 3 rings (SSSR count). The molecule has 1 fully saturated rings. The lowest BCUT2D eigenvalue weighted by Crippen LogP contribution is -2.41. The number of carbonyl (C=O) groups excluding carboxylic acids is 1. The number of aromatic nitrogens is 1. The summed E-state index contributed by atoms with van der Waals surface area (Å²) in [4.78, 5) is 12.7. The van der Waals surface area contributed by atoms with E-state index in [1.54, 1.807) is 37.3 Å². The average molecular weight is 406 g/mol. The van der Waals surface area contributed by atoms with Gasteiger partial charge in [-0.1, -0.05) is 42.1 Å². The Labute approximate surface area is 166 Å². The van der Waals surface area contributed by atoms with E-state index in [0.29, 0.717) is 12.3 Å². The summed E-state index contributed by atoms with van der Waals surface area (Å²) in [5, 5.41) is 6.35. The highest BCUT2D eigenvalue weighted by atomic mass is 32.2. The number of nitrogens with one attached hydrogen (secondary N) is 1. The lowest BCUT2D eigenvalue weighted by atomic mass is 9.89. The first-order valence-electron chi connectivity index (χ1n) is 9.64. The molecule has 1 heterocycles. The molecule has 0 radical (unpaired) electrons. The van der Waals surface area contributed by atoms with Gasteiger partial charge in [-0.15, -0.1) is 0 Å².